The van der Waals surface area contributed by atoms with E-state index in [0.717, 1.165) is 55.8 Å². The molecule has 0 bridgehead atoms. The first-order valence-corrected chi connectivity index (χ1v) is 18.8. The van der Waals surface area contributed by atoms with Crippen LogP contribution in [0.2, 0.25) is 0 Å². The van der Waals surface area contributed by atoms with Crippen LogP contribution in [0.3, 0.4) is 0 Å². The van der Waals surface area contributed by atoms with Crippen molar-refractivity contribution in [1.29, 1.82) is 0 Å². The predicted molar refractivity (Wildman–Crippen MR) is 231 cm³/mol. The van der Waals surface area contributed by atoms with Crippen molar-refractivity contribution >= 4 is 71.6 Å². The summed E-state index contributed by atoms with van der Waals surface area (Å²) in [6.45, 7) is 0. The van der Waals surface area contributed by atoms with E-state index < -0.39 is 0 Å². The molecule has 0 aliphatic heterocycles. The highest BCUT2D eigenvalue weighted by molar-refractivity contribution is 6.09. The van der Waals surface area contributed by atoms with Gasteiger partial charge in [-0.1, -0.05) is 140 Å². The maximum absolute atomic E-state index is 6.35. The normalized spacial score (nSPS) is 11.6. The fourth-order valence-corrected chi connectivity index (χ4v) is 8.42. The Labute approximate surface area is 318 Å². The second-order valence-electron chi connectivity index (χ2n) is 14.1. The summed E-state index contributed by atoms with van der Waals surface area (Å²) >= 11 is 0. The van der Waals surface area contributed by atoms with Gasteiger partial charge in [-0.3, -0.25) is 0 Å². The van der Waals surface area contributed by atoms with Crippen LogP contribution >= 0.6 is 0 Å². The summed E-state index contributed by atoms with van der Waals surface area (Å²) in [4.78, 5) is 2.40. The molecule has 11 aromatic rings. The average molecular weight is 703 g/mol. The molecule has 0 atom stereocenters. The summed E-state index contributed by atoms with van der Waals surface area (Å²) in [6.07, 6.45) is 0. The molecule has 258 valence electrons. The zero-order valence-corrected chi connectivity index (χ0v) is 29.9. The van der Waals surface area contributed by atoms with E-state index in [1.807, 2.05) is 12.1 Å². The van der Waals surface area contributed by atoms with Crippen molar-refractivity contribution in [2.24, 2.45) is 0 Å². The Kier molecular flexibility index (Phi) is 7.17. The lowest BCUT2D eigenvalue weighted by Gasteiger charge is -2.29. The van der Waals surface area contributed by atoms with Gasteiger partial charge in [0.2, 0.25) is 0 Å². The Balaban J connectivity index is 1.01. The van der Waals surface area contributed by atoms with Gasteiger partial charge in [0.1, 0.15) is 11.2 Å². The summed E-state index contributed by atoms with van der Waals surface area (Å²) in [6, 6.07) is 74.0. The summed E-state index contributed by atoms with van der Waals surface area (Å²) < 4.78 is 8.71. The van der Waals surface area contributed by atoms with Crippen LogP contribution in [0, 0.1) is 0 Å². The SMILES string of the molecule is c1ccc(N(c2ccc(-c3ccc(-n4c5ccccc5c5ccccc54)cc3)cc2)c2cccc3ccccc23)c(-c2ccc3c(c2)oc2ccccc23)c1. The maximum atomic E-state index is 6.35. The average Bonchev–Trinajstić information content (AvgIpc) is 3.80. The first-order chi connectivity index (χ1) is 27.3. The minimum Gasteiger partial charge on any atom is -0.456 e. The number of hydrogen-bond donors (Lipinski definition) is 0. The highest BCUT2D eigenvalue weighted by atomic mass is 16.3. The Bertz CT molecular complexity index is 3150. The number of nitrogens with zero attached hydrogens (tertiary/aromatic N) is 2. The third-order valence-corrected chi connectivity index (χ3v) is 11.0. The van der Waals surface area contributed by atoms with Gasteiger partial charge in [0, 0.05) is 43.9 Å². The molecular formula is C52H34N2O. The standard InChI is InChI=1S/C52H34N2O/c1-2-14-41-37(12-1)13-11-22-48(41)53(47-19-7-3-15-42(47)38-28-33-46-45-18-6-10-23-51(45)55-52(46)34-38)39-29-24-35(25-30-39)36-26-31-40(32-27-36)54-49-20-8-4-16-43(49)44-17-5-9-21-50(44)54/h1-34H. The molecule has 55 heavy (non-hydrogen) atoms. The van der Waals surface area contributed by atoms with E-state index in [4.69, 9.17) is 4.42 Å². The molecule has 0 saturated carbocycles. The number of anilines is 3. The monoisotopic (exact) mass is 702 g/mol. The van der Waals surface area contributed by atoms with Crippen LogP contribution < -0.4 is 4.90 Å². The number of hydrogen-bond acceptors (Lipinski definition) is 2. The molecule has 11 rings (SSSR count). The molecular weight excluding hydrogens is 669 g/mol. The van der Waals surface area contributed by atoms with Gasteiger partial charge in [0.05, 0.1) is 22.4 Å². The van der Waals surface area contributed by atoms with Crippen molar-refractivity contribution in [3.8, 4) is 27.9 Å². The Morgan fingerprint density at radius 3 is 1.67 bits per heavy atom. The van der Waals surface area contributed by atoms with E-state index in [2.05, 4.69) is 204 Å². The lowest BCUT2D eigenvalue weighted by molar-refractivity contribution is 0.669. The van der Waals surface area contributed by atoms with Crippen LogP contribution in [0.5, 0.6) is 0 Å². The molecule has 3 heteroatoms. The zero-order chi connectivity index (χ0) is 36.3. The van der Waals surface area contributed by atoms with Gasteiger partial charge in [-0.15, -0.1) is 0 Å². The van der Waals surface area contributed by atoms with Gasteiger partial charge in [-0.2, -0.15) is 0 Å². The molecule has 0 aliphatic carbocycles. The van der Waals surface area contributed by atoms with Gasteiger partial charge in [0.25, 0.3) is 0 Å². The zero-order valence-electron chi connectivity index (χ0n) is 29.9. The lowest BCUT2D eigenvalue weighted by atomic mass is 9.99. The second-order valence-corrected chi connectivity index (χ2v) is 14.1. The van der Waals surface area contributed by atoms with E-state index in [9.17, 15) is 0 Å². The lowest BCUT2D eigenvalue weighted by Crippen LogP contribution is -2.11. The largest absolute Gasteiger partial charge is 0.456 e. The minimum absolute atomic E-state index is 0.888. The first-order valence-electron chi connectivity index (χ1n) is 18.8. The first kappa shape index (κ1) is 31.2. The quantitative estimate of drug-likeness (QED) is 0.172. The Hall–Kier alpha value is -7.36. The number of rotatable bonds is 6. The summed E-state index contributed by atoms with van der Waals surface area (Å²) in [7, 11) is 0. The van der Waals surface area contributed by atoms with Crippen LogP contribution in [-0.2, 0) is 0 Å². The molecule has 0 aliphatic rings. The predicted octanol–water partition coefficient (Wildman–Crippen LogP) is 14.6. The second kappa shape index (κ2) is 12.6. The smallest absolute Gasteiger partial charge is 0.136 e. The van der Waals surface area contributed by atoms with Gasteiger partial charge in [-0.25, -0.2) is 0 Å². The van der Waals surface area contributed by atoms with Gasteiger partial charge in [0.15, 0.2) is 0 Å². The molecule has 0 amide bonds. The summed E-state index contributed by atoms with van der Waals surface area (Å²) in [5, 5.41) is 7.19. The molecule has 0 radical (unpaired) electrons. The molecule has 0 saturated heterocycles. The number of para-hydroxylation sites is 4. The molecule has 2 heterocycles. The minimum atomic E-state index is 0.888. The number of aromatic nitrogens is 1. The van der Waals surface area contributed by atoms with Crippen LogP contribution in [-0.4, -0.2) is 4.57 Å². The van der Waals surface area contributed by atoms with Crippen molar-refractivity contribution in [2.75, 3.05) is 4.90 Å². The van der Waals surface area contributed by atoms with Crippen molar-refractivity contribution in [1.82, 2.24) is 4.57 Å². The van der Waals surface area contributed by atoms with Gasteiger partial charge >= 0.3 is 0 Å². The number of benzene rings is 9. The van der Waals surface area contributed by atoms with E-state index in [0.29, 0.717) is 0 Å². The molecule has 0 N–H and O–H groups in total. The molecule has 2 aromatic heterocycles. The van der Waals surface area contributed by atoms with E-state index in [1.54, 1.807) is 0 Å². The maximum Gasteiger partial charge on any atom is 0.136 e. The number of fused-ring (bicyclic) bond motifs is 7. The van der Waals surface area contributed by atoms with Gasteiger partial charge < -0.3 is 13.9 Å². The molecule has 0 fully saturated rings. The summed E-state index contributed by atoms with van der Waals surface area (Å²) in [5.74, 6) is 0. The van der Waals surface area contributed by atoms with Crippen molar-refractivity contribution in [3.05, 3.63) is 206 Å². The van der Waals surface area contributed by atoms with E-state index >= 15 is 0 Å². The van der Waals surface area contributed by atoms with Crippen molar-refractivity contribution < 1.29 is 4.42 Å². The Morgan fingerprint density at radius 1 is 0.364 bits per heavy atom. The van der Waals surface area contributed by atoms with Crippen LogP contribution in [0.25, 0.3) is 82.5 Å². The van der Waals surface area contributed by atoms with Crippen molar-refractivity contribution in [2.45, 2.75) is 0 Å². The molecule has 9 aromatic carbocycles. The third-order valence-electron chi connectivity index (χ3n) is 11.0. The van der Waals surface area contributed by atoms with Crippen molar-refractivity contribution in [3.63, 3.8) is 0 Å². The molecule has 0 unspecified atom stereocenters. The molecule has 3 nitrogen and oxygen atoms in total. The number of furan rings is 1. The summed E-state index contributed by atoms with van der Waals surface area (Å²) in [5.41, 5.74) is 13.2. The van der Waals surface area contributed by atoms with Crippen LogP contribution in [0.1, 0.15) is 0 Å². The van der Waals surface area contributed by atoms with E-state index in [1.165, 1.54) is 43.7 Å². The fourth-order valence-electron chi connectivity index (χ4n) is 8.42. The molecule has 0 spiro atoms. The van der Waals surface area contributed by atoms with E-state index in [-0.39, 0.29) is 0 Å². The van der Waals surface area contributed by atoms with Gasteiger partial charge in [-0.05, 0) is 88.8 Å². The fraction of sp³-hybridized carbons (Fsp3) is 0. The topological polar surface area (TPSA) is 21.3 Å². The third kappa shape index (κ3) is 5.13. The highest BCUT2D eigenvalue weighted by Crippen LogP contribution is 2.45. The highest BCUT2D eigenvalue weighted by Gasteiger charge is 2.20. The Morgan fingerprint density at radius 2 is 0.909 bits per heavy atom. The van der Waals surface area contributed by atoms with Crippen LogP contribution in [0.4, 0.5) is 17.1 Å². The van der Waals surface area contributed by atoms with Crippen LogP contribution in [0.15, 0.2) is 211 Å².